The first-order valence-corrected chi connectivity index (χ1v) is 11.1. The summed E-state index contributed by atoms with van der Waals surface area (Å²) in [6, 6.07) is 19.8. The highest BCUT2D eigenvalue weighted by molar-refractivity contribution is 7.90. The molecule has 0 amide bonds. The van der Waals surface area contributed by atoms with Crippen LogP contribution in [0.15, 0.2) is 84.5 Å². The van der Waals surface area contributed by atoms with Crippen LogP contribution in [0.1, 0.15) is 16.7 Å². The summed E-state index contributed by atoms with van der Waals surface area (Å²) < 4.78 is 27.9. The summed E-state index contributed by atoms with van der Waals surface area (Å²) in [5.41, 5.74) is 4.12. The van der Waals surface area contributed by atoms with Gasteiger partial charge in [-0.15, -0.1) is 5.10 Å². The highest BCUT2D eigenvalue weighted by Gasteiger charge is 2.20. The van der Waals surface area contributed by atoms with Crippen LogP contribution < -0.4 is 0 Å². The molecule has 1 aromatic heterocycles. The first-order valence-electron chi connectivity index (χ1n) is 9.48. The molecule has 3 aromatic carbocycles. The smallest absolute Gasteiger partial charge is 0.182 e. The maximum atomic E-state index is 13.2. The first-order chi connectivity index (χ1) is 14.8. The summed E-state index contributed by atoms with van der Waals surface area (Å²) in [6.45, 7) is 5.38. The van der Waals surface area contributed by atoms with E-state index in [2.05, 4.69) is 22.1 Å². The molecule has 156 valence electrons. The molecule has 8 heteroatoms. The number of sulfone groups is 1. The predicted octanol–water partition coefficient (Wildman–Crippen LogP) is 4.14. The molecule has 1 N–H and O–H groups in total. The number of rotatable bonds is 6. The predicted molar refractivity (Wildman–Crippen MR) is 118 cm³/mol. The quantitative estimate of drug-likeness (QED) is 0.460. The van der Waals surface area contributed by atoms with E-state index in [1.807, 2.05) is 36.4 Å². The Morgan fingerprint density at radius 3 is 2.45 bits per heavy atom. The Bertz CT molecular complexity index is 1350. The number of hydrogen-bond acceptors (Lipinski definition) is 6. The number of benzene rings is 3. The van der Waals surface area contributed by atoms with E-state index in [0.29, 0.717) is 16.8 Å². The van der Waals surface area contributed by atoms with Gasteiger partial charge in [-0.1, -0.05) is 49.0 Å². The van der Waals surface area contributed by atoms with E-state index in [1.54, 1.807) is 31.2 Å². The molecular weight excluding hydrogens is 412 g/mol. The van der Waals surface area contributed by atoms with Crippen molar-refractivity contribution in [3.8, 4) is 16.8 Å². The molecule has 0 aliphatic heterocycles. The lowest BCUT2D eigenvalue weighted by Gasteiger charge is -2.13. The van der Waals surface area contributed by atoms with Gasteiger partial charge in [-0.3, -0.25) is 0 Å². The summed E-state index contributed by atoms with van der Waals surface area (Å²) in [7, 11) is -3.69. The van der Waals surface area contributed by atoms with E-state index in [-0.39, 0.29) is 16.4 Å². The summed E-state index contributed by atoms with van der Waals surface area (Å²) >= 11 is 0. The summed E-state index contributed by atoms with van der Waals surface area (Å²) in [4.78, 5) is 0.182. The van der Waals surface area contributed by atoms with Gasteiger partial charge in [0.05, 0.1) is 16.3 Å². The van der Waals surface area contributed by atoms with Crippen LogP contribution in [-0.2, 0) is 15.6 Å². The minimum absolute atomic E-state index is 0.171. The molecule has 7 nitrogen and oxygen atoms in total. The van der Waals surface area contributed by atoms with Crippen LogP contribution in [0.2, 0.25) is 0 Å². The minimum atomic E-state index is -3.69. The summed E-state index contributed by atoms with van der Waals surface area (Å²) in [5, 5.41) is 21.1. The zero-order chi connectivity index (χ0) is 22.0. The molecule has 0 bridgehead atoms. The zero-order valence-electron chi connectivity index (χ0n) is 16.8. The van der Waals surface area contributed by atoms with Crippen molar-refractivity contribution in [2.75, 3.05) is 0 Å². The fraction of sp³-hybridized carbons (Fsp3) is 0.0870. The molecule has 0 saturated carbocycles. The van der Waals surface area contributed by atoms with E-state index in [1.165, 1.54) is 17.1 Å². The van der Waals surface area contributed by atoms with Crippen molar-refractivity contribution in [3.05, 3.63) is 96.3 Å². The molecule has 0 saturated heterocycles. The van der Waals surface area contributed by atoms with E-state index in [0.717, 1.165) is 16.7 Å². The molecule has 31 heavy (non-hydrogen) atoms. The maximum Gasteiger partial charge on any atom is 0.182 e. The fourth-order valence-electron chi connectivity index (χ4n) is 3.44. The molecular formula is C23H20N4O3S. The molecule has 0 aliphatic rings. The standard InChI is InChI=1S/C23H20N4O3S/c1-16-12-21(9-11-23(16)27-15-24-25-26-27)31(29,30)14-20-13-19(8-10-22(20)17(2)28)18-6-4-3-5-7-18/h3-13,15,28H,2,14H2,1H3. The Morgan fingerprint density at radius 2 is 1.81 bits per heavy atom. The van der Waals surface area contributed by atoms with E-state index in [4.69, 9.17) is 0 Å². The van der Waals surface area contributed by atoms with Crippen LogP contribution in [0.4, 0.5) is 0 Å². The van der Waals surface area contributed by atoms with E-state index >= 15 is 0 Å². The third-order valence-electron chi connectivity index (χ3n) is 4.99. The average molecular weight is 433 g/mol. The van der Waals surface area contributed by atoms with Gasteiger partial charge in [0.25, 0.3) is 0 Å². The topological polar surface area (TPSA) is 98.0 Å². The number of aromatic nitrogens is 4. The third kappa shape index (κ3) is 4.24. The average Bonchev–Trinajstić information content (AvgIpc) is 3.28. The number of aliphatic hydroxyl groups excluding tert-OH is 1. The normalized spacial score (nSPS) is 11.4. The van der Waals surface area contributed by atoms with Gasteiger partial charge in [-0.25, -0.2) is 13.1 Å². The van der Waals surface area contributed by atoms with Crippen LogP contribution in [0.25, 0.3) is 22.6 Å². The van der Waals surface area contributed by atoms with Crippen LogP contribution in [0.5, 0.6) is 0 Å². The largest absolute Gasteiger partial charge is 0.508 e. The molecule has 0 aliphatic carbocycles. The Balaban J connectivity index is 1.72. The van der Waals surface area contributed by atoms with Crippen LogP contribution in [0, 0.1) is 6.92 Å². The number of aliphatic hydroxyl groups is 1. The van der Waals surface area contributed by atoms with Crippen LogP contribution in [0.3, 0.4) is 0 Å². The maximum absolute atomic E-state index is 13.2. The molecule has 0 fully saturated rings. The van der Waals surface area contributed by atoms with Crippen molar-refractivity contribution >= 4 is 15.6 Å². The second-order valence-corrected chi connectivity index (χ2v) is 9.14. The second kappa shape index (κ2) is 8.16. The number of tetrazole rings is 1. The molecule has 4 rings (SSSR count). The van der Waals surface area contributed by atoms with Gasteiger partial charge in [0.1, 0.15) is 12.1 Å². The van der Waals surface area contributed by atoms with E-state index < -0.39 is 9.84 Å². The Kier molecular flexibility index (Phi) is 5.39. The molecule has 0 spiro atoms. The second-order valence-electron chi connectivity index (χ2n) is 7.15. The number of hydrogen-bond donors (Lipinski definition) is 1. The molecule has 1 heterocycles. The first kappa shape index (κ1) is 20.5. The van der Waals surface area contributed by atoms with Gasteiger partial charge in [0.15, 0.2) is 9.84 Å². The highest BCUT2D eigenvalue weighted by atomic mass is 32.2. The van der Waals surface area contributed by atoms with Crippen LogP contribution in [-0.4, -0.2) is 33.7 Å². The van der Waals surface area contributed by atoms with Gasteiger partial charge in [0.2, 0.25) is 0 Å². The van der Waals surface area contributed by atoms with Crippen molar-refractivity contribution in [3.63, 3.8) is 0 Å². The summed E-state index contributed by atoms with van der Waals surface area (Å²) in [5.74, 6) is -0.443. The lowest BCUT2D eigenvalue weighted by molar-refractivity contribution is 0.513. The zero-order valence-corrected chi connectivity index (χ0v) is 17.6. The third-order valence-corrected chi connectivity index (χ3v) is 6.66. The Hall–Kier alpha value is -3.78. The Morgan fingerprint density at radius 1 is 1.03 bits per heavy atom. The minimum Gasteiger partial charge on any atom is -0.508 e. The number of aryl methyl sites for hydroxylation is 1. The van der Waals surface area contributed by atoms with Gasteiger partial charge >= 0.3 is 0 Å². The van der Waals surface area contributed by atoms with Crippen molar-refractivity contribution in [1.82, 2.24) is 20.2 Å². The van der Waals surface area contributed by atoms with Gasteiger partial charge < -0.3 is 5.11 Å². The van der Waals surface area contributed by atoms with Crippen molar-refractivity contribution in [1.29, 1.82) is 0 Å². The fourth-order valence-corrected chi connectivity index (χ4v) is 4.89. The molecule has 0 unspecified atom stereocenters. The van der Waals surface area contributed by atoms with Crippen molar-refractivity contribution < 1.29 is 13.5 Å². The Labute approximate surface area is 180 Å². The lowest BCUT2D eigenvalue weighted by Crippen LogP contribution is -2.08. The van der Waals surface area contributed by atoms with Crippen molar-refractivity contribution in [2.24, 2.45) is 0 Å². The van der Waals surface area contributed by atoms with Gasteiger partial charge in [-0.05, 0) is 63.9 Å². The van der Waals surface area contributed by atoms with Gasteiger partial charge in [-0.2, -0.15) is 0 Å². The SMILES string of the molecule is C=C(O)c1ccc(-c2ccccc2)cc1CS(=O)(=O)c1ccc(-n2cnnn2)c(C)c1. The van der Waals surface area contributed by atoms with E-state index in [9.17, 15) is 13.5 Å². The molecule has 0 atom stereocenters. The molecule has 4 aromatic rings. The van der Waals surface area contributed by atoms with Crippen molar-refractivity contribution in [2.45, 2.75) is 17.6 Å². The van der Waals surface area contributed by atoms with Gasteiger partial charge in [0, 0.05) is 5.56 Å². The molecule has 0 radical (unpaired) electrons. The van der Waals surface area contributed by atoms with Crippen LogP contribution >= 0.6 is 0 Å². The summed E-state index contributed by atoms with van der Waals surface area (Å²) in [6.07, 6.45) is 1.45. The lowest BCUT2D eigenvalue weighted by atomic mass is 9.99. The highest BCUT2D eigenvalue weighted by Crippen LogP contribution is 2.29. The number of nitrogens with zero attached hydrogens (tertiary/aromatic N) is 4. The monoisotopic (exact) mass is 432 g/mol.